The molecule has 3 rings (SSSR count). The summed E-state index contributed by atoms with van der Waals surface area (Å²) in [5, 5.41) is 7.41. The molecule has 2 heterocycles. The van der Waals surface area contributed by atoms with Crippen LogP contribution in [0.4, 0.5) is 4.39 Å². The molecule has 0 aliphatic carbocycles. The summed E-state index contributed by atoms with van der Waals surface area (Å²) >= 11 is 1.55. The van der Waals surface area contributed by atoms with Gasteiger partial charge in [0.25, 0.3) is 0 Å². The van der Waals surface area contributed by atoms with Crippen molar-refractivity contribution in [1.29, 1.82) is 0 Å². The second kappa shape index (κ2) is 6.55. The third-order valence-electron chi connectivity index (χ3n) is 3.47. The van der Waals surface area contributed by atoms with E-state index in [2.05, 4.69) is 27.4 Å². The van der Waals surface area contributed by atoms with Crippen LogP contribution in [0.3, 0.4) is 0 Å². The van der Waals surface area contributed by atoms with E-state index in [9.17, 15) is 4.39 Å². The molecular weight excluding hydrogens is 291 g/mol. The molecule has 21 heavy (non-hydrogen) atoms. The third-order valence-corrected chi connectivity index (χ3v) is 4.47. The molecule has 2 aromatic rings. The van der Waals surface area contributed by atoms with Crippen LogP contribution in [0.25, 0.3) is 0 Å². The van der Waals surface area contributed by atoms with Gasteiger partial charge in [-0.1, -0.05) is 5.16 Å². The Bertz CT molecular complexity index is 589. The summed E-state index contributed by atoms with van der Waals surface area (Å²) in [5.74, 6) is 1.67. The van der Waals surface area contributed by atoms with E-state index in [1.807, 2.05) is 0 Å². The Morgan fingerprint density at radius 2 is 2.24 bits per heavy atom. The monoisotopic (exact) mass is 308 g/mol. The van der Waals surface area contributed by atoms with Crippen molar-refractivity contribution in [3.63, 3.8) is 0 Å². The third kappa shape index (κ3) is 3.61. The fraction of sp³-hybridized carbons (Fsp3) is 0.429. The molecule has 0 saturated carbocycles. The Hall–Kier alpha value is -1.44. The normalized spacial score (nSPS) is 19.8. The van der Waals surface area contributed by atoms with Gasteiger partial charge in [0, 0.05) is 24.5 Å². The Kier molecular flexibility index (Phi) is 4.52. The first kappa shape index (κ1) is 14.5. The van der Waals surface area contributed by atoms with Crippen molar-refractivity contribution >= 4 is 11.8 Å². The molecule has 7 heteroatoms. The van der Waals surface area contributed by atoms with Gasteiger partial charge in [-0.05, 0) is 31.3 Å². The Morgan fingerprint density at radius 3 is 3.00 bits per heavy atom. The van der Waals surface area contributed by atoms with Crippen LogP contribution in [0.1, 0.15) is 17.8 Å². The molecule has 0 amide bonds. The van der Waals surface area contributed by atoms with Crippen molar-refractivity contribution in [2.24, 2.45) is 0 Å². The highest BCUT2D eigenvalue weighted by Gasteiger charge is 2.25. The largest absolute Gasteiger partial charge is 0.338 e. The van der Waals surface area contributed by atoms with Crippen LogP contribution in [-0.4, -0.2) is 41.7 Å². The van der Waals surface area contributed by atoms with Crippen LogP contribution in [0.5, 0.6) is 0 Å². The van der Waals surface area contributed by atoms with Crippen molar-refractivity contribution in [3.05, 3.63) is 41.8 Å². The topological polar surface area (TPSA) is 54.2 Å². The standard InChI is InChI=1S/C14H17FN4OS/c1-19-7-6-16-8-12(19)14-17-13(20-18-14)9-21-11-4-2-10(15)3-5-11/h2-5,12,16H,6-9H2,1H3. The smallest absolute Gasteiger partial charge is 0.237 e. The molecule has 0 spiro atoms. The fourth-order valence-electron chi connectivity index (χ4n) is 2.23. The summed E-state index contributed by atoms with van der Waals surface area (Å²) in [6.07, 6.45) is 0. The van der Waals surface area contributed by atoms with E-state index < -0.39 is 0 Å². The minimum absolute atomic E-state index is 0.159. The summed E-state index contributed by atoms with van der Waals surface area (Å²) in [6.45, 7) is 2.79. The highest BCUT2D eigenvalue weighted by atomic mass is 32.2. The lowest BCUT2D eigenvalue weighted by atomic mass is 10.2. The molecule has 1 atom stereocenters. The first-order valence-corrected chi connectivity index (χ1v) is 7.83. The predicted molar refractivity (Wildman–Crippen MR) is 78.5 cm³/mol. The number of thioether (sulfide) groups is 1. The number of rotatable bonds is 4. The molecule has 1 fully saturated rings. The zero-order chi connectivity index (χ0) is 14.7. The maximum Gasteiger partial charge on any atom is 0.237 e. The summed E-state index contributed by atoms with van der Waals surface area (Å²) in [7, 11) is 2.06. The number of halogens is 1. The quantitative estimate of drug-likeness (QED) is 0.873. The van der Waals surface area contributed by atoms with Gasteiger partial charge in [0.15, 0.2) is 5.82 Å². The molecule has 1 aliphatic heterocycles. The van der Waals surface area contributed by atoms with Gasteiger partial charge in [-0.2, -0.15) is 4.98 Å². The van der Waals surface area contributed by atoms with Gasteiger partial charge in [0.05, 0.1) is 11.8 Å². The van der Waals surface area contributed by atoms with E-state index >= 15 is 0 Å². The average Bonchev–Trinajstić information content (AvgIpc) is 2.96. The van der Waals surface area contributed by atoms with Crippen molar-refractivity contribution in [2.75, 3.05) is 26.7 Å². The molecule has 1 aromatic heterocycles. The number of piperazine rings is 1. The zero-order valence-corrected chi connectivity index (χ0v) is 12.6. The van der Waals surface area contributed by atoms with Crippen LogP contribution in [0, 0.1) is 5.82 Å². The maximum atomic E-state index is 12.8. The predicted octanol–water partition coefficient (Wildman–Crippen LogP) is 2.08. The van der Waals surface area contributed by atoms with E-state index in [1.165, 1.54) is 12.1 Å². The van der Waals surface area contributed by atoms with E-state index in [0.29, 0.717) is 11.6 Å². The van der Waals surface area contributed by atoms with Gasteiger partial charge in [-0.3, -0.25) is 4.90 Å². The Labute approximate surface area is 126 Å². The fourth-order valence-corrected chi connectivity index (χ4v) is 2.97. The molecule has 1 aromatic carbocycles. The van der Waals surface area contributed by atoms with Crippen molar-refractivity contribution in [1.82, 2.24) is 20.4 Å². The summed E-state index contributed by atoms with van der Waals surface area (Å²) in [6, 6.07) is 6.55. The second-order valence-electron chi connectivity index (χ2n) is 4.99. The molecule has 0 radical (unpaired) electrons. The van der Waals surface area contributed by atoms with Crippen molar-refractivity contribution < 1.29 is 8.91 Å². The molecule has 1 N–H and O–H groups in total. The minimum atomic E-state index is -0.229. The lowest BCUT2D eigenvalue weighted by Crippen LogP contribution is -2.44. The van der Waals surface area contributed by atoms with Gasteiger partial charge in [-0.15, -0.1) is 11.8 Å². The molecule has 0 bridgehead atoms. The molecule has 112 valence electrons. The Morgan fingerprint density at radius 1 is 1.43 bits per heavy atom. The van der Waals surface area contributed by atoms with Crippen molar-refractivity contribution in [3.8, 4) is 0 Å². The molecule has 1 unspecified atom stereocenters. The molecule has 5 nitrogen and oxygen atoms in total. The van der Waals surface area contributed by atoms with Crippen LogP contribution >= 0.6 is 11.8 Å². The lowest BCUT2D eigenvalue weighted by Gasteiger charge is -2.30. The van der Waals surface area contributed by atoms with Gasteiger partial charge in [-0.25, -0.2) is 4.39 Å². The van der Waals surface area contributed by atoms with E-state index in [1.54, 1.807) is 23.9 Å². The van der Waals surface area contributed by atoms with E-state index in [0.717, 1.165) is 30.4 Å². The van der Waals surface area contributed by atoms with Gasteiger partial charge in [0.2, 0.25) is 5.89 Å². The Balaban J connectivity index is 1.61. The van der Waals surface area contributed by atoms with Crippen LogP contribution in [-0.2, 0) is 5.75 Å². The van der Waals surface area contributed by atoms with Gasteiger partial charge in [0.1, 0.15) is 5.82 Å². The highest BCUT2D eigenvalue weighted by Crippen LogP contribution is 2.24. The molecule has 1 saturated heterocycles. The summed E-state index contributed by atoms with van der Waals surface area (Å²) in [4.78, 5) is 7.66. The van der Waals surface area contributed by atoms with Crippen LogP contribution in [0.2, 0.25) is 0 Å². The first-order valence-electron chi connectivity index (χ1n) is 6.84. The minimum Gasteiger partial charge on any atom is -0.338 e. The lowest BCUT2D eigenvalue weighted by molar-refractivity contribution is 0.190. The number of nitrogens with zero attached hydrogens (tertiary/aromatic N) is 3. The number of nitrogens with one attached hydrogen (secondary N) is 1. The van der Waals surface area contributed by atoms with Crippen LogP contribution in [0.15, 0.2) is 33.7 Å². The molecule has 1 aliphatic rings. The first-order chi connectivity index (χ1) is 10.2. The second-order valence-corrected chi connectivity index (χ2v) is 6.04. The summed E-state index contributed by atoms with van der Waals surface area (Å²) in [5.41, 5.74) is 0. The number of hydrogen-bond donors (Lipinski definition) is 1. The number of likely N-dealkylation sites (N-methyl/N-ethyl adjacent to an activating group) is 1. The number of hydrogen-bond acceptors (Lipinski definition) is 6. The SMILES string of the molecule is CN1CCNCC1c1noc(CSc2ccc(F)cc2)n1. The van der Waals surface area contributed by atoms with Gasteiger partial charge >= 0.3 is 0 Å². The van der Waals surface area contributed by atoms with E-state index in [4.69, 9.17) is 4.52 Å². The number of aromatic nitrogens is 2. The summed E-state index contributed by atoms with van der Waals surface area (Å²) < 4.78 is 18.1. The maximum absolute atomic E-state index is 12.8. The van der Waals surface area contributed by atoms with Crippen molar-refractivity contribution in [2.45, 2.75) is 16.7 Å². The zero-order valence-electron chi connectivity index (χ0n) is 11.8. The molecular formula is C14H17FN4OS. The highest BCUT2D eigenvalue weighted by molar-refractivity contribution is 7.98. The number of benzene rings is 1. The van der Waals surface area contributed by atoms with Crippen LogP contribution < -0.4 is 5.32 Å². The van der Waals surface area contributed by atoms with Gasteiger partial charge < -0.3 is 9.84 Å². The average molecular weight is 308 g/mol. The van der Waals surface area contributed by atoms with E-state index in [-0.39, 0.29) is 11.9 Å².